The highest BCUT2D eigenvalue weighted by molar-refractivity contribution is 6.30. The predicted octanol–water partition coefficient (Wildman–Crippen LogP) is 3.26. The molecule has 0 bridgehead atoms. The minimum Gasteiger partial charge on any atom is -0.479 e. The monoisotopic (exact) mass is 297 g/mol. The lowest BCUT2D eigenvalue weighted by molar-refractivity contribution is -0.142. The molecule has 0 saturated heterocycles. The predicted molar refractivity (Wildman–Crippen MR) is 78.6 cm³/mol. The first-order chi connectivity index (χ1) is 9.36. The minimum atomic E-state index is -1.09. The van der Waals surface area contributed by atoms with Crippen molar-refractivity contribution in [2.24, 2.45) is 11.8 Å². The summed E-state index contributed by atoms with van der Waals surface area (Å²) in [5.74, 6) is -1.36. The number of halogens is 1. The Labute approximate surface area is 124 Å². The van der Waals surface area contributed by atoms with Gasteiger partial charge in [0.05, 0.1) is 0 Å². The molecule has 3 unspecified atom stereocenters. The van der Waals surface area contributed by atoms with Crippen LogP contribution in [0.1, 0.15) is 38.8 Å². The molecule has 1 rings (SSSR count). The molecule has 0 aliphatic rings. The maximum Gasteiger partial charge on any atom is 0.330 e. The first-order valence-corrected chi connectivity index (χ1v) is 7.03. The summed E-state index contributed by atoms with van der Waals surface area (Å²) in [7, 11) is 0. The molecule has 1 amide bonds. The molecule has 4 nitrogen and oxygen atoms in total. The van der Waals surface area contributed by atoms with E-state index in [2.05, 4.69) is 5.32 Å². The van der Waals surface area contributed by atoms with Gasteiger partial charge in [0.15, 0.2) is 6.04 Å². The maximum atomic E-state index is 12.1. The second-order valence-corrected chi connectivity index (χ2v) is 5.44. The van der Waals surface area contributed by atoms with Gasteiger partial charge in [-0.15, -0.1) is 0 Å². The van der Waals surface area contributed by atoms with Crippen LogP contribution in [0.5, 0.6) is 0 Å². The Hall–Kier alpha value is -1.55. The average molecular weight is 298 g/mol. The SMILES string of the molecule is CCC(C)C(C)C(=O)NC(C(=O)O)c1ccc(Cl)cc1. The third-order valence-corrected chi connectivity index (χ3v) is 3.90. The number of aliphatic carboxylic acids is 1. The number of carboxylic acids is 1. The van der Waals surface area contributed by atoms with Gasteiger partial charge in [0.1, 0.15) is 0 Å². The van der Waals surface area contributed by atoms with Crippen LogP contribution in [0.15, 0.2) is 24.3 Å². The van der Waals surface area contributed by atoms with Crippen LogP contribution in [0.25, 0.3) is 0 Å². The second kappa shape index (κ2) is 7.29. The molecule has 0 fully saturated rings. The summed E-state index contributed by atoms with van der Waals surface area (Å²) in [5.41, 5.74) is 0.506. The van der Waals surface area contributed by atoms with E-state index in [1.807, 2.05) is 20.8 Å². The van der Waals surface area contributed by atoms with E-state index in [1.165, 1.54) is 0 Å². The van der Waals surface area contributed by atoms with Crippen molar-refractivity contribution >= 4 is 23.5 Å². The first-order valence-electron chi connectivity index (χ1n) is 6.65. The Balaban J connectivity index is 2.86. The number of benzene rings is 1. The summed E-state index contributed by atoms with van der Waals surface area (Å²) in [6.45, 7) is 5.79. The van der Waals surface area contributed by atoms with Crippen molar-refractivity contribution in [3.8, 4) is 0 Å². The molecule has 0 radical (unpaired) electrons. The Morgan fingerprint density at radius 1 is 1.25 bits per heavy atom. The Morgan fingerprint density at radius 2 is 1.80 bits per heavy atom. The summed E-state index contributed by atoms with van der Waals surface area (Å²) in [6.07, 6.45) is 0.868. The standard InChI is InChI=1S/C15H20ClNO3/c1-4-9(2)10(3)14(18)17-13(15(19)20)11-5-7-12(16)8-6-11/h5-10,13H,4H2,1-3H3,(H,17,18)(H,19,20). The van der Waals surface area contributed by atoms with Gasteiger partial charge >= 0.3 is 5.97 Å². The Kier molecular flexibility index (Phi) is 6.02. The lowest BCUT2D eigenvalue weighted by Gasteiger charge is -2.21. The maximum absolute atomic E-state index is 12.1. The number of carboxylic acid groups (broad SMARTS) is 1. The van der Waals surface area contributed by atoms with Crippen molar-refractivity contribution < 1.29 is 14.7 Å². The lowest BCUT2D eigenvalue weighted by atomic mass is 9.92. The highest BCUT2D eigenvalue weighted by atomic mass is 35.5. The van der Waals surface area contributed by atoms with Crippen molar-refractivity contribution in [3.05, 3.63) is 34.9 Å². The third-order valence-electron chi connectivity index (χ3n) is 3.65. The van der Waals surface area contributed by atoms with Crippen molar-refractivity contribution in [2.45, 2.75) is 33.2 Å². The quantitative estimate of drug-likeness (QED) is 0.847. The number of amides is 1. The van der Waals surface area contributed by atoms with Crippen LogP contribution in [-0.4, -0.2) is 17.0 Å². The molecule has 1 aromatic carbocycles. The largest absolute Gasteiger partial charge is 0.479 e. The summed E-state index contributed by atoms with van der Waals surface area (Å²) in [5, 5.41) is 12.4. The Bertz CT molecular complexity index is 473. The van der Waals surface area contributed by atoms with Crippen molar-refractivity contribution in [1.29, 1.82) is 0 Å². The van der Waals surface area contributed by atoms with Crippen LogP contribution in [-0.2, 0) is 9.59 Å². The van der Waals surface area contributed by atoms with E-state index in [9.17, 15) is 14.7 Å². The highest BCUT2D eigenvalue weighted by Crippen LogP contribution is 2.20. The topological polar surface area (TPSA) is 66.4 Å². The Morgan fingerprint density at radius 3 is 2.25 bits per heavy atom. The molecular formula is C15H20ClNO3. The van der Waals surface area contributed by atoms with E-state index in [0.29, 0.717) is 10.6 Å². The molecule has 0 saturated carbocycles. The van der Waals surface area contributed by atoms with Gasteiger partial charge in [0.2, 0.25) is 5.91 Å². The molecule has 0 aliphatic carbocycles. The molecule has 1 aromatic rings. The van der Waals surface area contributed by atoms with Crippen LogP contribution in [0, 0.1) is 11.8 Å². The number of rotatable bonds is 6. The van der Waals surface area contributed by atoms with Crippen molar-refractivity contribution in [3.63, 3.8) is 0 Å². The van der Waals surface area contributed by atoms with E-state index >= 15 is 0 Å². The smallest absolute Gasteiger partial charge is 0.330 e. The molecule has 20 heavy (non-hydrogen) atoms. The summed E-state index contributed by atoms with van der Waals surface area (Å²) < 4.78 is 0. The van der Waals surface area contributed by atoms with Gasteiger partial charge in [-0.2, -0.15) is 0 Å². The van der Waals surface area contributed by atoms with Gasteiger partial charge in [0, 0.05) is 10.9 Å². The lowest BCUT2D eigenvalue weighted by Crippen LogP contribution is -2.38. The van der Waals surface area contributed by atoms with Crippen LogP contribution in [0.2, 0.25) is 5.02 Å². The van der Waals surface area contributed by atoms with E-state index < -0.39 is 12.0 Å². The molecule has 5 heteroatoms. The summed E-state index contributed by atoms with van der Waals surface area (Å²) in [6, 6.07) is 5.38. The van der Waals surface area contributed by atoms with Gasteiger partial charge in [-0.25, -0.2) is 4.79 Å². The number of nitrogens with one attached hydrogen (secondary N) is 1. The molecule has 110 valence electrons. The van der Waals surface area contributed by atoms with Crippen LogP contribution < -0.4 is 5.32 Å². The van der Waals surface area contributed by atoms with E-state index in [1.54, 1.807) is 24.3 Å². The highest BCUT2D eigenvalue weighted by Gasteiger charge is 2.26. The minimum absolute atomic E-state index is 0.203. The van der Waals surface area contributed by atoms with Crippen LogP contribution in [0.4, 0.5) is 0 Å². The first kappa shape index (κ1) is 16.5. The molecule has 2 N–H and O–H groups in total. The fraction of sp³-hybridized carbons (Fsp3) is 0.467. The van der Waals surface area contributed by atoms with E-state index in [4.69, 9.17) is 11.6 Å². The molecule has 0 aromatic heterocycles. The van der Waals surface area contributed by atoms with Gasteiger partial charge in [-0.3, -0.25) is 4.79 Å². The van der Waals surface area contributed by atoms with Gasteiger partial charge in [-0.1, -0.05) is 50.9 Å². The van der Waals surface area contributed by atoms with Crippen LogP contribution in [0.3, 0.4) is 0 Å². The molecule has 3 atom stereocenters. The van der Waals surface area contributed by atoms with Crippen LogP contribution >= 0.6 is 11.6 Å². The number of hydrogen-bond acceptors (Lipinski definition) is 2. The average Bonchev–Trinajstić information content (AvgIpc) is 2.43. The van der Waals surface area contributed by atoms with Crippen molar-refractivity contribution in [2.75, 3.05) is 0 Å². The number of carbonyl (C=O) groups is 2. The fourth-order valence-corrected chi connectivity index (χ4v) is 1.95. The van der Waals surface area contributed by atoms with Gasteiger partial charge in [-0.05, 0) is 23.6 Å². The zero-order valence-electron chi connectivity index (χ0n) is 11.9. The van der Waals surface area contributed by atoms with E-state index in [-0.39, 0.29) is 17.7 Å². The summed E-state index contributed by atoms with van der Waals surface area (Å²) in [4.78, 5) is 23.4. The molecular weight excluding hydrogens is 278 g/mol. The fourth-order valence-electron chi connectivity index (χ4n) is 1.83. The summed E-state index contributed by atoms with van der Waals surface area (Å²) >= 11 is 5.78. The number of carbonyl (C=O) groups excluding carboxylic acids is 1. The number of hydrogen-bond donors (Lipinski definition) is 2. The van der Waals surface area contributed by atoms with Crippen molar-refractivity contribution in [1.82, 2.24) is 5.32 Å². The molecule has 0 aliphatic heterocycles. The van der Waals surface area contributed by atoms with E-state index in [0.717, 1.165) is 6.42 Å². The van der Waals surface area contributed by atoms with Gasteiger partial charge < -0.3 is 10.4 Å². The zero-order valence-corrected chi connectivity index (χ0v) is 12.6. The zero-order chi connectivity index (χ0) is 15.3. The normalized spacial score (nSPS) is 15.2. The molecule has 0 heterocycles. The second-order valence-electron chi connectivity index (χ2n) is 5.01. The van der Waals surface area contributed by atoms with Gasteiger partial charge in [0.25, 0.3) is 0 Å². The third kappa shape index (κ3) is 4.23. The molecule has 0 spiro atoms.